The van der Waals surface area contributed by atoms with E-state index in [-0.39, 0.29) is 0 Å². The van der Waals surface area contributed by atoms with E-state index in [1.165, 1.54) is 0 Å². The highest BCUT2D eigenvalue weighted by atomic mass is 16.5. The predicted molar refractivity (Wildman–Crippen MR) is 82.5 cm³/mol. The molecule has 0 aromatic carbocycles. The molecule has 1 unspecified atom stereocenters. The summed E-state index contributed by atoms with van der Waals surface area (Å²) in [5.41, 5.74) is 0. The van der Waals surface area contributed by atoms with Gasteiger partial charge in [0.15, 0.2) is 0 Å². The Bertz CT molecular complexity index is 396. The summed E-state index contributed by atoms with van der Waals surface area (Å²) >= 11 is 0. The van der Waals surface area contributed by atoms with Crippen molar-refractivity contribution in [3.05, 3.63) is 0 Å². The number of ether oxygens (including phenoxy) is 1. The maximum absolute atomic E-state index is 5.12. The van der Waals surface area contributed by atoms with Crippen LogP contribution in [0, 0.1) is 5.92 Å². The van der Waals surface area contributed by atoms with Gasteiger partial charge in [0.1, 0.15) is 0 Å². The van der Waals surface area contributed by atoms with Gasteiger partial charge in [-0.25, -0.2) is 0 Å². The van der Waals surface area contributed by atoms with Crippen molar-refractivity contribution in [2.75, 3.05) is 55.9 Å². The van der Waals surface area contributed by atoms with E-state index in [0.29, 0.717) is 30.4 Å². The Hall–Kier alpha value is -1.63. The van der Waals surface area contributed by atoms with Gasteiger partial charge in [-0.15, -0.1) is 0 Å². The summed E-state index contributed by atoms with van der Waals surface area (Å²) in [5, 5.41) is 6.21. The number of nitrogens with zero attached hydrogens (tertiary/aromatic N) is 4. The summed E-state index contributed by atoms with van der Waals surface area (Å²) < 4.78 is 5.12. The number of rotatable bonds is 9. The molecule has 114 valence electrons. The first kappa shape index (κ1) is 16.4. The Kier molecular flexibility index (Phi) is 7.00. The summed E-state index contributed by atoms with van der Waals surface area (Å²) in [5.74, 6) is 2.25. The van der Waals surface area contributed by atoms with E-state index < -0.39 is 0 Å². The van der Waals surface area contributed by atoms with Crippen LogP contribution in [0.1, 0.15) is 20.8 Å². The lowest BCUT2D eigenvalue weighted by Gasteiger charge is -2.20. The van der Waals surface area contributed by atoms with Gasteiger partial charge in [0.25, 0.3) is 0 Å². The van der Waals surface area contributed by atoms with E-state index in [0.717, 1.165) is 19.6 Å². The van der Waals surface area contributed by atoms with Gasteiger partial charge < -0.3 is 20.3 Å². The Morgan fingerprint density at radius 3 is 2.35 bits per heavy atom. The number of methoxy groups -OCH3 is 1. The fourth-order valence-electron chi connectivity index (χ4n) is 1.81. The highest BCUT2D eigenvalue weighted by Gasteiger charge is 2.11. The molecule has 0 saturated carbocycles. The molecule has 0 aliphatic heterocycles. The van der Waals surface area contributed by atoms with Crippen molar-refractivity contribution in [3.63, 3.8) is 0 Å². The molecule has 0 spiro atoms. The third-order valence-electron chi connectivity index (χ3n) is 2.95. The van der Waals surface area contributed by atoms with E-state index in [1.54, 1.807) is 14.2 Å². The van der Waals surface area contributed by atoms with Gasteiger partial charge in [-0.05, 0) is 19.8 Å². The normalized spacial score (nSPS) is 12.1. The zero-order valence-electron chi connectivity index (χ0n) is 13.1. The molecule has 0 radical (unpaired) electrons. The van der Waals surface area contributed by atoms with Gasteiger partial charge in [0.05, 0.1) is 6.61 Å². The van der Waals surface area contributed by atoms with Crippen molar-refractivity contribution < 1.29 is 4.74 Å². The van der Waals surface area contributed by atoms with Crippen LogP contribution in [0.15, 0.2) is 0 Å². The smallest absolute Gasteiger partial charge is 0.231 e. The molecule has 0 aliphatic rings. The minimum Gasteiger partial charge on any atom is -0.384 e. The fraction of sp³-hybridized carbons (Fsp3) is 0.769. The second-order valence-electron chi connectivity index (χ2n) is 4.65. The number of nitrogens with one attached hydrogen (secondary N) is 2. The Morgan fingerprint density at radius 2 is 1.80 bits per heavy atom. The zero-order chi connectivity index (χ0) is 15.0. The van der Waals surface area contributed by atoms with Crippen LogP contribution in [0.3, 0.4) is 0 Å². The lowest BCUT2D eigenvalue weighted by atomic mass is 10.2. The molecule has 20 heavy (non-hydrogen) atoms. The molecular formula is C13H26N6O. The van der Waals surface area contributed by atoms with Crippen LogP contribution >= 0.6 is 0 Å². The third-order valence-corrected chi connectivity index (χ3v) is 2.95. The first-order valence-corrected chi connectivity index (χ1v) is 7.06. The molecule has 1 atom stereocenters. The van der Waals surface area contributed by atoms with Crippen LogP contribution in [-0.2, 0) is 4.74 Å². The SMILES string of the molecule is CCN(CC)c1nc(NC)nc(NCC(C)COC)n1. The minimum absolute atomic E-state index is 0.395. The number of anilines is 3. The maximum atomic E-state index is 5.12. The number of hydrogen-bond acceptors (Lipinski definition) is 7. The summed E-state index contributed by atoms with van der Waals surface area (Å²) in [6.45, 7) is 9.48. The van der Waals surface area contributed by atoms with Crippen LogP contribution in [0.25, 0.3) is 0 Å². The molecule has 0 aliphatic carbocycles. The Balaban J connectivity index is 2.82. The highest BCUT2D eigenvalue weighted by molar-refractivity contribution is 5.43. The molecule has 7 heteroatoms. The van der Waals surface area contributed by atoms with Crippen molar-refractivity contribution in [2.24, 2.45) is 5.92 Å². The van der Waals surface area contributed by atoms with Crippen LogP contribution in [0.2, 0.25) is 0 Å². The molecular weight excluding hydrogens is 256 g/mol. The molecule has 1 heterocycles. The van der Waals surface area contributed by atoms with Gasteiger partial charge in [0, 0.05) is 33.8 Å². The van der Waals surface area contributed by atoms with Gasteiger partial charge >= 0.3 is 0 Å². The second-order valence-corrected chi connectivity index (χ2v) is 4.65. The standard InChI is InChI=1S/C13H26N6O/c1-6-19(7-2)13-17-11(14-4)16-12(18-13)15-8-10(3)9-20-5/h10H,6-9H2,1-5H3,(H2,14,15,16,17,18). The number of hydrogen-bond donors (Lipinski definition) is 2. The van der Waals surface area contributed by atoms with Crippen LogP contribution in [0.5, 0.6) is 0 Å². The van der Waals surface area contributed by atoms with Crippen LogP contribution in [0.4, 0.5) is 17.8 Å². The summed E-state index contributed by atoms with van der Waals surface area (Å²) in [7, 11) is 3.51. The Labute approximate surface area is 121 Å². The molecule has 0 bridgehead atoms. The molecule has 0 fully saturated rings. The minimum atomic E-state index is 0.395. The van der Waals surface area contributed by atoms with Crippen LogP contribution in [-0.4, -0.2) is 55.4 Å². The monoisotopic (exact) mass is 282 g/mol. The fourth-order valence-corrected chi connectivity index (χ4v) is 1.81. The second kappa shape index (κ2) is 8.52. The first-order chi connectivity index (χ1) is 9.64. The lowest BCUT2D eigenvalue weighted by Crippen LogP contribution is -2.26. The average Bonchev–Trinajstić information content (AvgIpc) is 2.46. The molecule has 1 aromatic heterocycles. The predicted octanol–water partition coefficient (Wildman–Crippen LogP) is 1.45. The molecule has 7 nitrogen and oxygen atoms in total. The van der Waals surface area contributed by atoms with E-state index in [4.69, 9.17) is 4.74 Å². The van der Waals surface area contributed by atoms with E-state index in [2.05, 4.69) is 51.3 Å². The summed E-state index contributed by atoms with van der Waals surface area (Å²) in [6, 6.07) is 0. The largest absolute Gasteiger partial charge is 0.384 e. The first-order valence-electron chi connectivity index (χ1n) is 7.06. The van der Waals surface area contributed by atoms with Gasteiger partial charge in [0.2, 0.25) is 17.8 Å². The van der Waals surface area contributed by atoms with Gasteiger partial charge in [-0.2, -0.15) is 15.0 Å². The molecule has 1 rings (SSSR count). The molecule has 2 N–H and O–H groups in total. The van der Waals surface area contributed by atoms with Crippen molar-refractivity contribution in [3.8, 4) is 0 Å². The topological polar surface area (TPSA) is 75.2 Å². The number of aromatic nitrogens is 3. The van der Waals surface area contributed by atoms with Crippen molar-refractivity contribution in [1.82, 2.24) is 15.0 Å². The summed E-state index contributed by atoms with van der Waals surface area (Å²) in [4.78, 5) is 15.3. The molecule has 1 aromatic rings. The third kappa shape index (κ3) is 4.80. The van der Waals surface area contributed by atoms with Gasteiger partial charge in [-0.3, -0.25) is 0 Å². The van der Waals surface area contributed by atoms with Crippen molar-refractivity contribution >= 4 is 17.8 Å². The van der Waals surface area contributed by atoms with E-state index >= 15 is 0 Å². The maximum Gasteiger partial charge on any atom is 0.231 e. The average molecular weight is 282 g/mol. The Morgan fingerprint density at radius 1 is 1.15 bits per heavy atom. The van der Waals surface area contributed by atoms with E-state index in [1.807, 2.05) is 0 Å². The molecule has 0 amide bonds. The molecule has 0 saturated heterocycles. The highest BCUT2D eigenvalue weighted by Crippen LogP contribution is 2.13. The summed E-state index contributed by atoms with van der Waals surface area (Å²) in [6.07, 6.45) is 0. The lowest BCUT2D eigenvalue weighted by molar-refractivity contribution is 0.164. The zero-order valence-corrected chi connectivity index (χ0v) is 13.1. The van der Waals surface area contributed by atoms with Crippen molar-refractivity contribution in [2.45, 2.75) is 20.8 Å². The van der Waals surface area contributed by atoms with Crippen LogP contribution < -0.4 is 15.5 Å². The van der Waals surface area contributed by atoms with Crippen molar-refractivity contribution in [1.29, 1.82) is 0 Å². The quantitative estimate of drug-likeness (QED) is 0.710. The van der Waals surface area contributed by atoms with Gasteiger partial charge in [-0.1, -0.05) is 6.92 Å². The van der Waals surface area contributed by atoms with E-state index in [9.17, 15) is 0 Å².